The Kier molecular flexibility index (Phi) is 5.75. The van der Waals surface area contributed by atoms with Gasteiger partial charge in [-0.15, -0.1) is 10.2 Å². The van der Waals surface area contributed by atoms with E-state index < -0.39 is 6.09 Å². The summed E-state index contributed by atoms with van der Waals surface area (Å²) in [6.07, 6.45) is -0.529. The first-order chi connectivity index (χ1) is 12.6. The van der Waals surface area contributed by atoms with Gasteiger partial charge in [-0.1, -0.05) is 17.7 Å². The number of carbonyl (C=O) groups excluding carboxylic acids is 1. The van der Waals surface area contributed by atoms with Crippen molar-refractivity contribution >= 4 is 17.7 Å². The van der Waals surface area contributed by atoms with Crippen molar-refractivity contribution in [3.8, 4) is 23.1 Å². The van der Waals surface area contributed by atoms with E-state index in [-0.39, 0.29) is 16.8 Å². The molecule has 1 aromatic carbocycles. The van der Waals surface area contributed by atoms with Crippen molar-refractivity contribution in [1.82, 2.24) is 15.1 Å². The number of rotatable bonds is 4. The van der Waals surface area contributed by atoms with Crippen LogP contribution in [-0.4, -0.2) is 54.6 Å². The maximum atomic E-state index is 12.3. The molecule has 0 radical (unpaired) electrons. The van der Waals surface area contributed by atoms with E-state index in [1.165, 1.54) is 18.1 Å². The van der Waals surface area contributed by atoms with Crippen molar-refractivity contribution in [1.29, 1.82) is 0 Å². The van der Waals surface area contributed by atoms with Gasteiger partial charge in [0.15, 0.2) is 22.4 Å². The van der Waals surface area contributed by atoms with Gasteiger partial charge in [-0.05, 0) is 24.6 Å². The van der Waals surface area contributed by atoms with Gasteiger partial charge >= 0.3 is 6.09 Å². The van der Waals surface area contributed by atoms with Crippen molar-refractivity contribution in [2.24, 2.45) is 0 Å². The Morgan fingerprint density at radius 2 is 1.92 bits per heavy atom. The largest absolute Gasteiger partial charge is 0.493 e. The molecule has 0 N–H and O–H groups in total. The molecule has 1 aliphatic heterocycles. The lowest BCUT2D eigenvalue weighted by Crippen LogP contribution is -2.42. The molecular formula is C17H18ClN3O5. The van der Waals surface area contributed by atoms with Crippen molar-refractivity contribution in [3.05, 3.63) is 35.0 Å². The molecule has 1 aliphatic rings. The van der Waals surface area contributed by atoms with Crippen LogP contribution in [0.5, 0.6) is 23.1 Å². The summed E-state index contributed by atoms with van der Waals surface area (Å²) in [7, 11) is 1.53. The fourth-order valence-corrected chi connectivity index (χ4v) is 2.49. The number of benzene rings is 1. The zero-order valence-corrected chi connectivity index (χ0v) is 15.2. The van der Waals surface area contributed by atoms with Crippen LogP contribution in [-0.2, 0) is 4.74 Å². The second kappa shape index (κ2) is 8.20. The minimum absolute atomic E-state index is 0.0138. The summed E-state index contributed by atoms with van der Waals surface area (Å²) in [5.74, 6) is 1.02. The highest BCUT2D eigenvalue weighted by atomic mass is 35.5. The number of hydrogen-bond acceptors (Lipinski definition) is 7. The Morgan fingerprint density at radius 3 is 2.65 bits per heavy atom. The molecule has 0 unspecified atom stereocenters. The Bertz CT molecular complexity index is 796. The normalized spacial score (nSPS) is 14.0. The molecular weight excluding hydrogens is 362 g/mol. The van der Waals surface area contributed by atoms with Gasteiger partial charge in [0.1, 0.15) is 0 Å². The zero-order valence-electron chi connectivity index (χ0n) is 14.4. The summed E-state index contributed by atoms with van der Waals surface area (Å²) < 4.78 is 21.7. The third-order valence-electron chi connectivity index (χ3n) is 3.69. The van der Waals surface area contributed by atoms with Crippen LogP contribution in [0.1, 0.15) is 5.56 Å². The summed E-state index contributed by atoms with van der Waals surface area (Å²) in [4.78, 5) is 13.9. The molecule has 1 aromatic heterocycles. The zero-order chi connectivity index (χ0) is 18.5. The lowest BCUT2D eigenvalue weighted by atomic mass is 10.2. The van der Waals surface area contributed by atoms with Gasteiger partial charge in [-0.3, -0.25) is 0 Å². The lowest BCUT2D eigenvalue weighted by molar-refractivity contribution is 0.0413. The van der Waals surface area contributed by atoms with Gasteiger partial charge in [0, 0.05) is 19.2 Å². The number of aromatic nitrogens is 2. The number of ether oxygens (including phenoxy) is 4. The SMILES string of the molecule is COc1ccc(C)cc1Oc1nnc(Cl)cc1OC(=O)N1CCOCC1. The van der Waals surface area contributed by atoms with Gasteiger partial charge in [0.25, 0.3) is 5.88 Å². The second-order valence-electron chi connectivity index (χ2n) is 5.56. The van der Waals surface area contributed by atoms with Gasteiger partial charge in [0.05, 0.1) is 20.3 Å². The van der Waals surface area contributed by atoms with Crippen molar-refractivity contribution in [2.75, 3.05) is 33.4 Å². The third kappa shape index (κ3) is 4.33. The van der Waals surface area contributed by atoms with E-state index in [0.717, 1.165) is 5.56 Å². The number of amides is 1. The Balaban J connectivity index is 1.84. The highest BCUT2D eigenvalue weighted by molar-refractivity contribution is 6.29. The van der Waals surface area contributed by atoms with E-state index in [9.17, 15) is 4.79 Å². The standard InChI is InChI=1S/C17H18ClN3O5/c1-11-3-4-12(23-2)13(9-11)25-16-14(10-15(18)19-20-16)26-17(22)21-5-7-24-8-6-21/h3-4,9-10H,5-8H2,1-2H3. The van der Waals surface area contributed by atoms with E-state index in [1.54, 1.807) is 12.1 Å². The van der Waals surface area contributed by atoms with Crippen LogP contribution in [0.4, 0.5) is 4.79 Å². The molecule has 2 heterocycles. The topological polar surface area (TPSA) is 83.0 Å². The van der Waals surface area contributed by atoms with Crippen molar-refractivity contribution in [2.45, 2.75) is 6.92 Å². The first-order valence-corrected chi connectivity index (χ1v) is 8.35. The van der Waals surface area contributed by atoms with Gasteiger partial charge < -0.3 is 23.8 Å². The molecule has 1 amide bonds. The van der Waals surface area contributed by atoms with Crippen LogP contribution >= 0.6 is 11.6 Å². The highest BCUT2D eigenvalue weighted by Gasteiger charge is 2.22. The molecule has 2 aromatic rings. The number of halogens is 1. The predicted molar refractivity (Wildman–Crippen MR) is 93.3 cm³/mol. The monoisotopic (exact) mass is 379 g/mol. The molecule has 26 heavy (non-hydrogen) atoms. The average Bonchev–Trinajstić information content (AvgIpc) is 2.65. The number of nitrogens with zero attached hydrogens (tertiary/aromatic N) is 3. The second-order valence-corrected chi connectivity index (χ2v) is 5.95. The number of morpholine rings is 1. The third-order valence-corrected chi connectivity index (χ3v) is 3.87. The number of aryl methyl sites for hydroxylation is 1. The first-order valence-electron chi connectivity index (χ1n) is 7.97. The van der Waals surface area contributed by atoms with Gasteiger partial charge in [0.2, 0.25) is 0 Å². The summed E-state index contributed by atoms with van der Waals surface area (Å²) in [6.45, 7) is 3.75. The number of hydrogen-bond donors (Lipinski definition) is 0. The Hall–Kier alpha value is -2.58. The van der Waals surface area contributed by atoms with Crippen molar-refractivity contribution in [3.63, 3.8) is 0 Å². The fourth-order valence-electron chi connectivity index (χ4n) is 2.36. The van der Waals surface area contributed by atoms with Crippen LogP contribution in [0.2, 0.25) is 5.15 Å². The van der Waals surface area contributed by atoms with E-state index in [4.69, 9.17) is 30.5 Å². The number of carbonyl (C=O) groups is 1. The van der Waals surface area contributed by atoms with Crippen LogP contribution in [0.25, 0.3) is 0 Å². The smallest absolute Gasteiger partial charge is 0.415 e. The molecule has 8 nitrogen and oxygen atoms in total. The molecule has 0 saturated carbocycles. The van der Waals surface area contributed by atoms with Crippen LogP contribution in [0.15, 0.2) is 24.3 Å². The molecule has 0 bridgehead atoms. The van der Waals surface area contributed by atoms with E-state index in [2.05, 4.69) is 10.2 Å². The molecule has 0 spiro atoms. The molecule has 0 atom stereocenters. The summed E-state index contributed by atoms with van der Waals surface area (Å²) in [6, 6.07) is 6.82. The van der Waals surface area contributed by atoms with E-state index >= 15 is 0 Å². The van der Waals surface area contributed by atoms with E-state index in [0.29, 0.717) is 37.8 Å². The molecule has 1 fully saturated rings. The average molecular weight is 380 g/mol. The number of methoxy groups -OCH3 is 1. The van der Waals surface area contributed by atoms with Crippen molar-refractivity contribution < 1.29 is 23.7 Å². The summed E-state index contributed by atoms with van der Waals surface area (Å²) in [5.41, 5.74) is 0.967. The maximum Gasteiger partial charge on any atom is 0.415 e. The molecule has 3 rings (SSSR count). The van der Waals surface area contributed by atoms with Gasteiger partial charge in [-0.2, -0.15) is 0 Å². The van der Waals surface area contributed by atoms with Crippen LogP contribution < -0.4 is 14.2 Å². The summed E-state index contributed by atoms with van der Waals surface area (Å²) >= 11 is 5.89. The fraction of sp³-hybridized carbons (Fsp3) is 0.353. The first kappa shape index (κ1) is 18.2. The van der Waals surface area contributed by atoms with Crippen LogP contribution in [0.3, 0.4) is 0 Å². The predicted octanol–water partition coefficient (Wildman–Crippen LogP) is 3.07. The Morgan fingerprint density at radius 1 is 1.15 bits per heavy atom. The molecule has 1 saturated heterocycles. The van der Waals surface area contributed by atoms with Crippen LogP contribution in [0, 0.1) is 6.92 Å². The minimum Gasteiger partial charge on any atom is -0.493 e. The maximum absolute atomic E-state index is 12.3. The molecule has 0 aliphatic carbocycles. The van der Waals surface area contributed by atoms with E-state index in [1.807, 2.05) is 13.0 Å². The van der Waals surface area contributed by atoms with Gasteiger partial charge in [-0.25, -0.2) is 4.79 Å². The minimum atomic E-state index is -0.529. The molecule has 9 heteroatoms. The quantitative estimate of drug-likeness (QED) is 0.807. The summed E-state index contributed by atoms with van der Waals surface area (Å²) in [5, 5.41) is 7.74. The highest BCUT2D eigenvalue weighted by Crippen LogP contribution is 2.36. The lowest BCUT2D eigenvalue weighted by Gasteiger charge is -2.26. The Labute approximate surface area is 155 Å². The molecule has 138 valence electrons.